The number of hydrazone groups is 1. The van der Waals surface area contributed by atoms with Crippen LogP contribution in [0.5, 0.6) is 17.2 Å². The average molecular weight is 735 g/mol. The van der Waals surface area contributed by atoms with Crippen molar-refractivity contribution in [3.05, 3.63) is 110 Å². The summed E-state index contributed by atoms with van der Waals surface area (Å²) in [6.07, 6.45) is 1.40. The smallest absolute Gasteiger partial charge is 0.264 e. The lowest BCUT2D eigenvalue weighted by molar-refractivity contribution is -0.119. The molecule has 0 heterocycles. The molecule has 4 aromatic carbocycles. The minimum atomic E-state index is -4.15. The number of ether oxygens (including phenoxy) is 3. The fraction of sp³-hybridized carbons (Fsp3) is 0.188. The second kappa shape index (κ2) is 15.0. The maximum atomic E-state index is 13.8. The lowest BCUT2D eigenvalue weighted by Gasteiger charge is -2.25. The summed E-state index contributed by atoms with van der Waals surface area (Å²) in [4.78, 5) is 13.1. The molecular formula is C32H30BrCl2N3O6S. The van der Waals surface area contributed by atoms with Crippen molar-refractivity contribution in [2.24, 2.45) is 5.10 Å². The van der Waals surface area contributed by atoms with Crippen LogP contribution in [0.4, 0.5) is 5.69 Å². The van der Waals surface area contributed by atoms with Gasteiger partial charge in [-0.25, -0.2) is 13.8 Å². The van der Waals surface area contributed by atoms with Crippen molar-refractivity contribution in [2.75, 3.05) is 25.1 Å². The molecule has 0 radical (unpaired) electrons. The molecule has 0 aliphatic heterocycles. The number of sulfonamides is 1. The lowest BCUT2D eigenvalue weighted by atomic mass is 10.2. The molecule has 4 aromatic rings. The van der Waals surface area contributed by atoms with Crippen molar-refractivity contribution in [1.29, 1.82) is 0 Å². The van der Waals surface area contributed by atoms with Crippen LogP contribution in [-0.4, -0.2) is 41.3 Å². The summed E-state index contributed by atoms with van der Waals surface area (Å²) in [5.41, 5.74) is 5.64. The summed E-state index contributed by atoms with van der Waals surface area (Å²) < 4.78 is 46.1. The zero-order valence-corrected chi connectivity index (χ0v) is 28.7. The van der Waals surface area contributed by atoms with Crippen LogP contribution < -0.4 is 23.9 Å². The minimum absolute atomic E-state index is 0.0329. The number of hydrogen-bond donors (Lipinski definition) is 1. The first-order valence-corrected chi connectivity index (χ1v) is 16.4. The highest BCUT2D eigenvalue weighted by Gasteiger charge is 2.29. The first-order chi connectivity index (χ1) is 21.4. The summed E-state index contributed by atoms with van der Waals surface area (Å²) in [5.74, 6) is 0.472. The SMILES string of the molecule is COc1ccc(C)cc1N(CC(=O)N/N=C\c1cc(Br)c(OCc2ccc(Cl)cc2Cl)c(OC)c1)S(=O)(=O)c1ccc(C)cc1. The third-order valence-electron chi connectivity index (χ3n) is 6.54. The van der Waals surface area contributed by atoms with E-state index in [9.17, 15) is 13.2 Å². The number of aryl methyl sites for hydroxylation is 2. The van der Waals surface area contributed by atoms with Crippen molar-refractivity contribution in [3.63, 3.8) is 0 Å². The summed E-state index contributed by atoms with van der Waals surface area (Å²) in [6, 6.07) is 20.0. The predicted octanol–water partition coefficient (Wildman–Crippen LogP) is 7.31. The molecule has 0 saturated heterocycles. The van der Waals surface area contributed by atoms with Gasteiger partial charge < -0.3 is 14.2 Å². The molecule has 13 heteroatoms. The molecule has 0 aliphatic carbocycles. The standard InChI is InChI=1S/C32H30BrCl2N3O6S/c1-20-5-10-25(11-6-20)45(40,41)38(28-13-21(2)7-12-29(28)42-3)18-31(39)37-36-17-22-14-26(33)32(30(15-22)43-4)44-19-23-8-9-24(34)16-27(23)35/h5-17H,18-19H2,1-4H3,(H,37,39)/b36-17-. The van der Waals surface area contributed by atoms with E-state index in [0.29, 0.717) is 37.3 Å². The zero-order chi connectivity index (χ0) is 32.7. The number of amides is 1. The van der Waals surface area contributed by atoms with Gasteiger partial charge in [0.25, 0.3) is 15.9 Å². The van der Waals surface area contributed by atoms with Crippen LogP contribution in [0.1, 0.15) is 22.3 Å². The molecule has 236 valence electrons. The number of rotatable bonds is 12. The minimum Gasteiger partial charge on any atom is -0.495 e. The van der Waals surface area contributed by atoms with Gasteiger partial charge in [0, 0.05) is 15.6 Å². The van der Waals surface area contributed by atoms with Gasteiger partial charge in [-0.05, 0) is 89.4 Å². The predicted molar refractivity (Wildman–Crippen MR) is 181 cm³/mol. The van der Waals surface area contributed by atoms with Crippen LogP contribution in [0.2, 0.25) is 10.0 Å². The van der Waals surface area contributed by atoms with Crippen LogP contribution >= 0.6 is 39.1 Å². The van der Waals surface area contributed by atoms with Crippen LogP contribution in [0, 0.1) is 13.8 Å². The van der Waals surface area contributed by atoms with Crippen molar-refractivity contribution in [1.82, 2.24) is 5.43 Å². The van der Waals surface area contributed by atoms with E-state index in [2.05, 4.69) is 26.5 Å². The maximum Gasteiger partial charge on any atom is 0.264 e. The number of anilines is 1. The first-order valence-electron chi connectivity index (χ1n) is 13.4. The van der Waals surface area contributed by atoms with Gasteiger partial charge in [0.15, 0.2) is 11.5 Å². The van der Waals surface area contributed by atoms with Crippen LogP contribution in [0.15, 0.2) is 87.3 Å². The number of nitrogens with zero attached hydrogens (tertiary/aromatic N) is 2. The molecule has 45 heavy (non-hydrogen) atoms. The Hall–Kier alpha value is -3.77. The Labute approximate surface area is 280 Å². The van der Waals surface area contributed by atoms with Crippen LogP contribution in [0.25, 0.3) is 0 Å². The van der Waals surface area contributed by atoms with Gasteiger partial charge in [0.05, 0.1) is 35.5 Å². The van der Waals surface area contributed by atoms with E-state index in [0.717, 1.165) is 21.0 Å². The highest BCUT2D eigenvalue weighted by molar-refractivity contribution is 9.10. The monoisotopic (exact) mass is 733 g/mol. The first kappa shape index (κ1) is 34.1. The zero-order valence-electron chi connectivity index (χ0n) is 24.8. The maximum absolute atomic E-state index is 13.8. The van der Waals surface area contributed by atoms with Crippen molar-refractivity contribution >= 4 is 67.0 Å². The Bertz CT molecular complexity index is 1840. The largest absolute Gasteiger partial charge is 0.495 e. The summed E-state index contributed by atoms with van der Waals surface area (Å²) in [6.45, 7) is 3.29. The van der Waals surface area contributed by atoms with Crippen LogP contribution in [-0.2, 0) is 21.4 Å². The molecule has 0 aromatic heterocycles. The van der Waals surface area contributed by atoms with Crippen molar-refractivity contribution < 1.29 is 27.4 Å². The summed E-state index contributed by atoms with van der Waals surface area (Å²) in [5, 5.41) is 5.05. The third kappa shape index (κ3) is 8.49. The van der Waals surface area contributed by atoms with Gasteiger partial charge in [0.1, 0.15) is 18.9 Å². The lowest BCUT2D eigenvalue weighted by Crippen LogP contribution is -2.39. The average Bonchev–Trinajstić information content (AvgIpc) is 3.00. The number of hydrogen-bond acceptors (Lipinski definition) is 7. The Balaban J connectivity index is 1.53. The quantitative estimate of drug-likeness (QED) is 0.121. The number of halogens is 3. The highest BCUT2D eigenvalue weighted by Crippen LogP contribution is 2.37. The molecule has 0 saturated carbocycles. The van der Waals surface area contributed by atoms with E-state index in [-0.39, 0.29) is 17.2 Å². The van der Waals surface area contributed by atoms with E-state index in [4.69, 9.17) is 37.4 Å². The Kier molecular flexibility index (Phi) is 11.4. The number of benzene rings is 4. The Morgan fingerprint density at radius 1 is 0.933 bits per heavy atom. The van der Waals surface area contributed by atoms with Crippen LogP contribution in [0.3, 0.4) is 0 Å². The second-order valence-electron chi connectivity index (χ2n) is 9.85. The molecule has 1 N–H and O–H groups in total. The Morgan fingerprint density at radius 3 is 2.29 bits per heavy atom. The van der Waals surface area contributed by atoms with Gasteiger partial charge in [-0.2, -0.15) is 5.10 Å². The van der Waals surface area contributed by atoms with Gasteiger partial charge in [-0.1, -0.05) is 53.0 Å². The van der Waals surface area contributed by atoms with Crippen molar-refractivity contribution in [2.45, 2.75) is 25.3 Å². The fourth-order valence-corrected chi connectivity index (χ4v) is 6.68. The molecule has 9 nitrogen and oxygen atoms in total. The molecule has 0 aliphatic rings. The third-order valence-corrected chi connectivity index (χ3v) is 9.49. The molecule has 1 amide bonds. The second-order valence-corrected chi connectivity index (χ2v) is 13.4. The normalized spacial score (nSPS) is 11.4. The number of carbonyl (C=O) groups is 1. The molecular weight excluding hydrogens is 705 g/mol. The van der Waals surface area contributed by atoms with Gasteiger partial charge in [-0.3, -0.25) is 9.10 Å². The van der Waals surface area contributed by atoms with E-state index in [1.165, 1.54) is 32.6 Å². The van der Waals surface area contributed by atoms with Gasteiger partial charge >= 0.3 is 0 Å². The summed E-state index contributed by atoms with van der Waals surface area (Å²) in [7, 11) is -1.22. The van der Waals surface area contributed by atoms with E-state index in [1.54, 1.807) is 60.7 Å². The van der Waals surface area contributed by atoms with E-state index in [1.807, 2.05) is 13.8 Å². The van der Waals surface area contributed by atoms with Gasteiger partial charge in [0.2, 0.25) is 0 Å². The molecule has 0 fully saturated rings. The van der Waals surface area contributed by atoms with Gasteiger partial charge in [-0.15, -0.1) is 0 Å². The van der Waals surface area contributed by atoms with E-state index >= 15 is 0 Å². The molecule has 0 bridgehead atoms. The molecule has 4 rings (SSSR count). The molecule has 0 unspecified atom stereocenters. The Morgan fingerprint density at radius 2 is 1.62 bits per heavy atom. The topological polar surface area (TPSA) is 107 Å². The fourth-order valence-electron chi connectivity index (χ4n) is 4.22. The number of carbonyl (C=O) groups excluding carboxylic acids is 1. The molecule has 0 spiro atoms. The number of methoxy groups -OCH3 is 2. The summed E-state index contributed by atoms with van der Waals surface area (Å²) >= 11 is 15.7. The molecule has 0 atom stereocenters. The number of nitrogens with one attached hydrogen (secondary N) is 1. The highest BCUT2D eigenvalue weighted by atomic mass is 79.9. The van der Waals surface area contributed by atoms with E-state index < -0.39 is 22.5 Å². The van der Waals surface area contributed by atoms with Crippen molar-refractivity contribution in [3.8, 4) is 17.2 Å².